The zero-order valence-corrected chi connectivity index (χ0v) is 12.9. The van der Waals surface area contributed by atoms with Gasteiger partial charge in [0.15, 0.2) is 0 Å². The van der Waals surface area contributed by atoms with Gasteiger partial charge in [-0.05, 0) is 24.0 Å². The van der Waals surface area contributed by atoms with E-state index < -0.39 is 0 Å². The van der Waals surface area contributed by atoms with E-state index in [0.29, 0.717) is 5.92 Å². The molecule has 1 N–H and O–H groups in total. The van der Waals surface area contributed by atoms with Gasteiger partial charge in [0.05, 0.1) is 19.3 Å². The molecule has 21 heavy (non-hydrogen) atoms. The van der Waals surface area contributed by atoms with Crippen molar-refractivity contribution in [1.29, 1.82) is 0 Å². The van der Waals surface area contributed by atoms with Crippen LogP contribution in [-0.4, -0.2) is 62.0 Å². The molecule has 1 aromatic carbocycles. The Balaban J connectivity index is 1.61. The van der Waals surface area contributed by atoms with Crippen LogP contribution in [0.2, 0.25) is 0 Å². The van der Waals surface area contributed by atoms with Gasteiger partial charge in [-0.3, -0.25) is 4.90 Å². The van der Waals surface area contributed by atoms with Gasteiger partial charge in [0.2, 0.25) is 0 Å². The fraction of sp³-hybridized carbons (Fsp3) is 0.647. The molecule has 0 aliphatic carbocycles. The molecular weight excluding hydrogens is 264 g/mol. The number of para-hydroxylation sites is 1. The van der Waals surface area contributed by atoms with Crippen LogP contribution in [0.4, 0.5) is 5.69 Å². The third-order valence-corrected chi connectivity index (χ3v) is 4.64. The Morgan fingerprint density at radius 3 is 2.76 bits per heavy atom. The minimum absolute atomic E-state index is 0.301. The molecule has 1 saturated heterocycles. The van der Waals surface area contributed by atoms with Crippen LogP contribution in [0, 0.1) is 0 Å². The minimum Gasteiger partial charge on any atom is -0.390 e. The van der Waals surface area contributed by atoms with Crippen molar-refractivity contribution in [1.82, 2.24) is 4.90 Å². The number of hydrogen-bond donors (Lipinski definition) is 1. The van der Waals surface area contributed by atoms with Crippen LogP contribution in [0.3, 0.4) is 0 Å². The monoisotopic (exact) mass is 290 g/mol. The fourth-order valence-corrected chi connectivity index (χ4v) is 3.40. The van der Waals surface area contributed by atoms with E-state index in [1.54, 1.807) is 0 Å². The van der Waals surface area contributed by atoms with E-state index in [1.165, 1.54) is 17.7 Å². The number of anilines is 1. The Bertz CT molecular complexity index is 460. The molecule has 2 aliphatic rings. The lowest BCUT2D eigenvalue weighted by molar-refractivity contribution is 0.0160. The Hall–Kier alpha value is -1.10. The number of ether oxygens (including phenoxy) is 1. The Kier molecular flexibility index (Phi) is 4.78. The molecule has 0 bridgehead atoms. The predicted molar refractivity (Wildman–Crippen MR) is 85.0 cm³/mol. The number of morpholine rings is 1. The van der Waals surface area contributed by atoms with E-state index in [9.17, 15) is 5.11 Å². The second kappa shape index (κ2) is 6.77. The molecule has 0 unspecified atom stereocenters. The summed E-state index contributed by atoms with van der Waals surface area (Å²) in [5.41, 5.74) is 2.72. The van der Waals surface area contributed by atoms with Crippen LogP contribution >= 0.6 is 0 Å². The Morgan fingerprint density at radius 2 is 1.95 bits per heavy atom. The lowest BCUT2D eigenvalue weighted by atomic mass is 9.91. The smallest absolute Gasteiger partial charge is 0.0841 e. The average Bonchev–Trinajstić information content (AvgIpc) is 2.51. The molecular formula is C17H26N2O2. The maximum Gasteiger partial charge on any atom is 0.0841 e. The van der Waals surface area contributed by atoms with Gasteiger partial charge >= 0.3 is 0 Å². The zero-order chi connectivity index (χ0) is 14.7. The van der Waals surface area contributed by atoms with Crippen LogP contribution in [0.1, 0.15) is 24.8 Å². The predicted octanol–water partition coefficient (Wildman–Crippen LogP) is 1.69. The van der Waals surface area contributed by atoms with Crippen LogP contribution in [0.5, 0.6) is 0 Å². The van der Waals surface area contributed by atoms with Crippen molar-refractivity contribution in [3.63, 3.8) is 0 Å². The highest BCUT2D eigenvalue weighted by Gasteiger charge is 2.24. The van der Waals surface area contributed by atoms with Gasteiger partial charge in [0.25, 0.3) is 0 Å². The van der Waals surface area contributed by atoms with Crippen molar-refractivity contribution in [2.24, 2.45) is 0 Å². The van der Waals surface area contributed by atoms with E-state index in [-0.39, 0.29) is 6.10 Å². The van der Waals surface area contributed by atoms with Gasteiger partial charge < -0.3 is 14.7 Å². The van der Waals surface area contributed by atoms with Gasteiger partial charge in [-0.2, -0.15) is 0 Å². The highest BCUT2D eigenvalue weighted by Crippen LogP contribution is 2.34. The lowest BCUT2D eigenvalue weighted by Crippen LogP contribution is -2.45. The van der Waals surface area contributed by atoms with E-state index in [4.69, 9.17) is 4.74 Å². The van der Waals surface area contributed by atoms with Gasteiger partial charge in [0, 0.05) is 38.4 Å². The molecule has 2 heterocycles. The summed E-state index contributed by atoms with van der Waals surface area (Å²) in [6, 6.07) is 8.62. The van der Waals surface area contributed by atoms with E-state index in [1.807, 2.05) is 0 Å². The third-order valence-electron chi connectivity index (χ3n) is 4.64. The van der Waals surface area contributed by atoms with E-state index in [2.05, 4.69) is 41.0 Å². The highest BCUT2D eigenvalue weighted by atomic mass is 16.5. The Labute approximate surface area is 127 Å². The SMILES string of the molecule is C[C@H]1CCN(C[C@H](O)CN2CCOCC2)c2ccccc21. The number of aliphatic hydroxyl groups excluding tert-OH is 1. The third kappa shape index (κ3) is 3.57. The van der Waals surface area contributed by atoms with Crippen LogP contribution in [0.25, 0.3) is 0 Å². The summed E-state index contributed by atoms with van der Waals surface area (Å²) in [4.78, 5) is 4.65. The number of nitrogens with zero attached hydrogens (tertiary/aromatic N) is 2. The molecule has 0 radical (unpaired) electrons. The standard InChI is InChI=1S/C17H26N2O2/c1-14-6-7-19(17-5-3-2-4-16(14)17)13-15(20)12-18-8-10-21-11-9-18/h2-5,14-15,20H,6-13H2,1H3/t14-,15+/m0/s1. The number of aliphatic hydroxyl groups is 1. The quantitative estimate of drug-likeness (QED) is 0.915. The van der Waals surface area contributed by atoms with Gasteiger partial charge in [0.1, 0.15) is 0 Å². The number of rotatable bonds is 4. The van der Waals surface area contributed by atoms with Gasteiger partial charge in [-0.25, -0.2) is 0 Å². The second-order valence-corrected chi connectivity index (χ2v) is 6.26. The summed E-state index contributed by atoms with van der Waals surface area (Å²) < 4.78 is 5.36. The van der Waals surface area contributed by atoms with Crippen molar-refractivity contribution in [2.75, 3.05) is 50.8 Å². The lowest BCUT2D eigenvalue weighted by Gasteiger charge is -2.37. The molecule has 2 atom stereocenters. The van der Waals surface area contributed by atoms with Crippen LogP contribution in [0.15, 0.2) is 24.3 Å². The highest BCUT2D eigenvalue weighted by molar-refractivity contribution is 5.57. The molecule has 3 rings (SSSR count). The molecule has 0 aromatic heterocycles. The summed E-state index contributed by atoms with van der Waals surface area (Å²) in [6.07, 6.45) is 0.867. The molecule has 4 heteroatoms. The average molecular weight is 290 g/mol. The van der Waals surface area contributed by atoms with Crippen molar-refractivity contribution in [3.05, 3.63) is 29.8 Å². The van der Waals surface area contributed by atoms with Crippen molar-refractivity contribution in [2.45, 2.75) is 25.4 Å². The maximum atomic E-state index is 10.4. The first-order chi connectivity index (χ1) is 10.2. The fourth-order valence-electron chi connectivity index (χ4n) is 3.40. The first-order valence-corrected chi connectivity index (χ1v) is 8.06. The molecule has 0 amide bonds. The largest absolute Gasteiger partial charge is 0.390 e. The van der Waals surface area contributed by atoms with Crippen LogP contribution in [-0.2, 0) is 4.74 Å². The molecule has 4 nitrogen and oxygen atoms in total. The van der Waals surface area contributed by atoms with Gasteiger partial charge in [-0.15, -0.1) is 0 Å². The number of benzene rings is 1. The van der Waals surface area contributed by atoms with Crippen molar-refractivity contribution < 1.29 is 9.84 Å². The summed E-state index contributed by atoms with van der Waals surface area (Å²) in [7, 11) is 0. The topological polar surface area (TPSA) is 35.9 Å². The summed E-state index contributed by atoms with van der Waals surface area (Å²) in [6.45, 7) is 8.25. The first kappa shape index (κ1) is 14.8. The first-order valence-electron chi connectivity index (χ1n) is 8.06. The molecule has 0 spiro atoms. The second-order valence-electron chi connectivity index (χ2n) is 6.26. The van der Waals surface area contributed by atoms with E-state index in [0.717, 1.165) is 45.9 Å². The minimum atomic E-state index is -0.301. The molecule has 2 aliphatic heterocycles. The summed E-state index contributed by atoms with van der Waals surface area (Å²) in [5.74, 6) is 0.619. The molecule has 1 aromatic rings. The van der Waals surface area contributed by atoms with E-state index >= 15 is 0 Å². The van der Waals surface area contributed by atoms with Gasteiger partial charge in [-0.1, -0.05) is 25.1 Å². The number of hydrogen-bond acceptors (Lipinski definition) is 4. The Morgan fingerprint density at radius 1 is 1.19 bits per heavy atom. The molecule has 1 fully saturated rings. The normalized spacial score (nSPS) is 24.7. The maximum absolute atomic E-state index is 10.4. The van der Waals surface area contributed by atoms with Crippen molar-refractivity contribution >= 4 is 5.69 Å². The van der Waals surface area contributed by atoms with Crippen molar-refractivity contribution in [3.8, 4) is 0 Å². The van der Waals surface area contributed by atoms with Crippen LogP contribution < -0.4 is 4.90 Å². The molecule has 116 valence electrons. The summed E-state index contributed by atoms with van der Waals surface area (Å²) in [5, 5.41) is 10.4. The number of fused-ring (bicyclic) bond motifs is 1. The summed E-state index contributed by atoms with van der Waals surface area (Å²) >= 11 is 0. The molecule has 0 saturated carbocycles. The zero-order valence-electron chi connectivity index (χ0n) is 12.9. The number of β-amino-alcohol motifs (C(OH)–C–C–N with tert-alkyl or cyclic N) is 1.